The smallest absolute Gasteiger partial charge is 0.205 e. The second-order valence-corrected chi connectivity index (χ2v) is 9.00. The zero-order valence-corrected chi connectivity index (χ0v) is 15.7. The minimum atomic E-state index is -3.68. The first-order valence-electron chi connectivity index (χ1n) is 8.67. The molecule has 134 valence electrons. The molecule has 1 N–H and O–H groups in total. The van der Waals surface area contributed by atoms with Gasteiger partial charge < -0.3 is 5.11 Å². The first-order valence-corrected chi connectivity index (χ1v) is 10.2. The number of hydrogen-bond acceptors (Lipinski definition) is 4. The summed E-state index contributed by atoms with van der Waals surface area (Å²) in [6, 6.07) is 8.20. The molecule has 0 radical (unpaired) electrons. The summed E-state index contributed by atoms with van der Waals surface area (Å²) in [5.74, 6) is -0.279. The quantitative estimate of drug-likeness (QED) is 0.766. The average Bonchev–Trinajstić information content (AvgIpc) is 2.58. The Morgan fingerprint density at radius 3 is 2.46 bits per heavy atom. The maximum atomic E-state index is 12.5. The molecule has 0 aliphatic carbocycles. The standard InChI is InChI=1S/C19H29NO3S/c1-15-11-13-20(14-17(15)3)12-7-8-16(2)19(21)24(22,23)18-9-5-4-6-10-18/h4-6,9-10,16,19,21H,7-8,11-14H2,1-3H3. The van der Waals surface area contributed by atoms with Gasteiger partial charge in [0.15, 0.2) is 5.44 Å². The Morgan fingerprint density at radius 1 is 1.17 bits per heavy atom. The lowest BCUT2D eigenvalue weighted by atomic mass is 10.0. The lowest BCUT2D eigenvalue weighted by molar-refractivity contribution is 0.175. The molecule has 2 atom stereocenters. The molecule has 1 aromatic carbocycles. The highest BCUT2D eigenvalue weighted by molar-refractivity contribution is 7.91. The van der Waals surface area contributed by atoms with E-state index in [4.69, 9.17) is 0 Å². The third-order valence-electron chi connectivity index (χ3n) is 5.00. The SMILES string of the molecule is CC1=C(C)CN(CCCC(C)C(O)S(=O)(=O)c2ccccc2)CC1. The van der Waals surface area contributed by atoms with Crippen molar-refractivity contribution in [1.82, 2.24) is 4.90 Å². The van der Waals surface area contributed by atoms with Crippen molar-refractivity contribution < 1.29 is 13.5 Å². The van der Waals surface area contributed by atoms with Crippen molar-refractivity contribution in [2.24, 2.45) is 5.92 Å². The van der Waals surface area contributed by atoms with Crippen LogP contribution < -0.4 is 0 Å². The maximum absolute atomic E-state index is 12.5. The highest BCUT2D eigenvalue weighted by atomic mass is 32.2. The first kappa shape index (κ1) is 19.2. The minimum Gasteiger partial charge on any atom is -0.376 e. The summed E-state index contributed by atoms with van der Waals surface area (Å²) >= 11 is 0. The van der Waals surface area contributed by atoms with Crippen LogP contribution in [-0.4, -0.2) is 43.5 Å². The number of sulfone groups is 1. The lowest BCUT2D eigenvalue weighted by Gasteiger charge is -2.29. The van der Waals surface area contributed by atoms with E-state index in [1.54, 1.807) is 18.2 Å². The number of aliphatic hydroxyl groups excluding tert-OH is 1. The molecule has 2 unspecified atom stereocenters. The number of nitrogens with zero attached hydrogens (tertiary/aromatic N) is 1. The van der Waals surface area contributed by atoms with E-state index in [2.05, 4.69) is 18.7 Å². The third-order valence-corrected chi connectivity index (χ3v) is 7.03. The van der Waals surface area contributed by atoms with Gasteiger partial charge in [0.2, 0.25) is 9.84 Å². The van der Waals surface area contributed by atoms with Crippen molar-refractivity contribution in [3.8, 4) is 0 Å². The molecule has 0 fully saturated rings. The van der Waals surface area contributed by atoms with E-state index in [1.807, 2.05) is 6.92 Å². The van der Waals surface area contributed by atoms with Crippen LogP contribution in [0.5, 0.6) is 0 Å². The Kier molecular flexibility index (Phi) is 6.61. The number of hydrogen-bond donors (Lipinski definition) is 1. The van der Waals surface area contributed by atoms with Gasteiger partial charge in [-0.2, -0.15) is 0 Å². The Bertz CT molecular complexity index is 667. The summed E-state index contributed by atoms with van der Waals surface area (Å²) in [4.78, 5) is 2.60. The summed E-state index contributed by atoms with van der Waals surface area (Å²) in [5.41, 5.74) is 1.59. The molecule has 1 aliphatic heterocycles. The summed E-state index contributed by atoms with van der Waals surface area (Å²) in [6.45, 7) is 9.22. The lowest BCUT2D eigenvalue weighted by Crippen LogP contribution is -2.33. The molecular formula is C19H29NO3S. The van der Waals surface area contributed by atoms with Gasteiger partial charge in [-0.05, 0) is 57.7 Å². The second-order valence-electron chi connectivity index (χ2n) is 6.95. The minimum absolute atomic E-state index is 0.191. The second kappa shape index (κ2) is 8.28. The number of aliphatic hydroxyl groups is 1. The fraction of sp³-hybridized carbons (Fsp3) is 0.579. The molecule has 4 nitrogen and oxygen atoms in total. The van der Waals surface area contributed by atoms with Crippen LogP contribution in [0.25, 0.3) is 0 Å². The monoisotopic (exact) mass is 351 g/mol. The predicted molar refractivity (Wildman–Crippen MR) is 97.5 cm³/mol. The Morgan fingerprint density at radius 2 is 1.83 bits per heavy atom. The number of rotatable bonds is 7. The van der Waals surface area contributed by atoms with Gasteiger partial charge in [-0.25, -0.2) is 8.42 Å². The normalized spacial score (nSPS) is 19.3. The van der Waals surface area contributed by atoms with Crippen molar-refractivity contribution in [1.29, 1.82) is 0 Å². The van der Waals surface area contributed by atoms with Gasteiger partial charge in [-0.1, -0.05) is 36.3 Å². The molecule has 0 bridgehead atoms. The summed E-state index contributed by atoms with van der Waals surface area (Å²) in [7, 11) is -3.68. The number of benzene rings is 1. The fourth-order valence-electron chi connectivity index (χ4n) is 3.11. The summed E-state index contributed by atoms with van der Waals surface area (Å²) in [6.07, 6.45) is 2.72. The third kappa shape index (κ3) is 4.68. The van der Waals surface area contributed by atoms with Crippen LogP contribution in [0.4, 0.5) is 0 Å². The van der Waals surface area contributed by atoms with Crippen LogP contribution in [0, 0.1) is 5.92 Å². The van der Waals surface area contributed by atoms with Crippen LogP contribution in [-0.2, 0) is 9.84 Å². The summed E-state index contributed by atoms with van der Waals surface area (Å²) < 4.78 is 24.9. The van der Waals surface area contributed by atoms with E-state index in [-0.39, 0.29) is 10.8 Å². The van der Waals surface area contributed by atoms with Gasteiger partial charge in [0.1, 0.15) is 0 Å². The van der Waals surface area contributed by atoms with Crippen LogP contribution in [0.1, 0.15) is 40.0 Å². The Hall–Kier alpha value is -1.17. The van der Waals surface area contributed by atoms with E-state index in [0.29, 0.717) is 6.42 Å². The van der Waals surface area contributed by atoms with Gasteiger partial charge >= 0.3 is 0 Å². The van der Waals surface area contributed by atoms with Gasteiger partial charge in [0, 0.05) is 13.1 Å². The van der Waals surface area contributed by atoms with Gasteiger partial charge in [0.25, 0.3) is 0 Å². The van der Waals surface area contributed by atoms with Gasteiger partial charge in [0.05, 0.1) is 4.90 Å². The molecule has 5 heteroatoms. The van der Waals surface area contributed by atoms with Gasteiger partial charge in [-0.15, -0.1) is 0 Å². The van der Waals surface area contributed by atoms with Crippen molar-refractivity contribution >= 4 is 9.84 Å². The zero-order valence-electron chi connectivity index (χ0n) is 14.9. The molecule has 2 rings (SSSR count). The highest BCUT2D eigenvalue weighted by Crippen LogP contribution is 2.23. The highest BCUT2D eigenvalue weighted by Gasteiger charge is 2.30. The topological polar surface area (TPSA) is 57.6 Å². The zero-order chi connectivity index (χ0) is 17.7. The van der Waals surface area contributed by atoms with E-state index in [1.165, 1.54) is 23.3 Å². The van der Waals surface area contributed by atoms with E-state index >= 15 is 0 Å². The van der Waals surface area contributed by atoms with Crippen molar-refractivity contribution in [3.05, 3.63) is 41.5 Å². The van der Waals surface area contributed by atoms with Crippen molar-refractivity contribution in [3.63, 3.8) is 0 Å². The average molecular weight is 352 g/mol. The van der Waals surface area contributed by atoms with Crippen LogP contribution in [0.2, 0.25) is 0 Å². The van der Waals surface area contributed by atoms with Crippen molar-refractivity contribution in [2.75, 3.05) is 19.6 Å². The van der Waals surface area contributed by atoms with Gasteiger partial charge in [-0.3, -0.25) is 4.90 Å². The van der Waals surface area contributed by atoms with Crippen LogP contribution in [0.3, 0.4) is 0 Å². The largest absolute Gasteiger partial charge is 0.376 e. The molecule has 1 heterocycles. The molecule has 0 saturated carbocycles. The van der Waals surface area contributed by atoms with Crippen LogP contribution in [0.15, 0.2) is 46.4 Å². The molecule has 0 spiro atoms. The summed E-state index contributed by atoms with van der Waals surface area (Å²) in [5, 5.41) is 10.3. The molecule has 1 aromatic rings. The van der Waals surface area contributed by atoms with Crippen LogP contribution >= 0.6 is 0 Å². The molecular weight excluding hydrogens is 322 g/mol. The fourth-order valence-corrected chi connectivity index (χ4v) is 4.68. The predicted octanol–water partition coefficient (Wildman–Crippen LogP) is 3.24. The molecule has 0 amide bonds. The first-order chi connectivity index (χ1) is 11.3. The molecule has 1 aliphatic rings. The van der Waals surface area contributed by atoms with E-state index in [0.717, 1.165) is 32.5 Å². The maximum Gasteiger partial charge on any atom is 0.205 e. The molecule has 0 saturated heterocycles. The molecule has 24 heavy (non-hydrogen) atoms. The van der Waals surface area contributed by atoms with E-state index < -0.39 is 15.3 Å². The Balaban J connectivity index is 1.85. The molecule has 0 aromatic heterocycles. The Labute approximate surface area is 146 Å². The van der Waals surface area contributed by atoms with E-state index in [9.17, 15) is 13.5 Å². The van der Waals surface area contributed by atoms with Crippen molar-refractivity contribution in [2.45, 2.75) is 50.4 Å².